The van der Waals surface area contributed by atoms with Crippen molar-refractivity contribution in [2.75, 3.05) is 0 Å². The van der Waals surface area contributed by atoms with Gasteiger partial charge >= 0.3 is 0 Å². The number of benzene rings is 1. The van der Waals surface area contributed by atoms with Gasteiger partial charge in [0.2, 0.25) is 0 Å². The molecule has 3 heteroatoms. The number of nitrogens with zero attached hydrogens (tertiary/aromatic N) is 3. The summed E-state index contributed by atoms with van der Waals surface area (Å²) in [6, 6.07) is 8.23. The van der Waals surface area contributed by atoms with Crippen LogP contribution in [0.2, 0.25) is 0 Å². The Morgan fingerprint density at radius 2 is 1.62 bits per heavy atom. The third kappa shape index (κ3) is 2.24. The number of aryl methyl sites for hydroxylation is 3. The summed E-state index contributed by atoms with van der Waals surface area (Å²) in [4.78, 5) is 13.1. The van der Waals surface area contributed by atoms with Gasteiger partial charge in [0.1, 0.15) is 11.6 Å². The molecule has 0 aliphatic heterocycles. The minimum Gasteiger partial charge on any atom is -0.218 e. The fraction of sp³-hybridized carbons (Fsp3) is 0.308. The van der Waals surface area contributed by atoms with Crippen molar-refractivity contribution in [3.8, 4) is 11.4 Å². The number of hydrogen-bond donors (Lipinski definition) is 0. The van der Waals surface area contributed by atoms with Crippen LogP contribution in [-0.4, -0.2) is 15.0 Å². The van der Waals surface area contributed by atoms with Crippen LogP contribution in [0, 0.1) is 13.8 Å². The van der Waals surface area contributed by atoms with Crippen molar-refractivity contribution in [1.29, 1.82) is 0 Å². The lowest BCUT2D eigenvalue weighted by molar-refractivity contribution is 0.869. The highest BCUT2D eigenvalue weighted by Gasteiger charge is 2.04. The van der Waals surface area contributed by atoms with Crippen molar-refractivity contribution in [3.63, 3.8) is 0 Å². The van der Waals surface area contributed by atoms with E-state index < -0.39 is 0 Å². The second-order valence-corrected chi connectivity index (χ2v) is 3.84. The van der Waals surface area contributed by atoms with Gasteiger partial charge in [0.25, 0.3) is 0 Å². The topological polar surface area (TPSA) is 38.7 Å². The van der Waals surface area contributed by atoms with Gasteiger partial charge in [0.05, 0.1) is 0 Å². The third-order valence-corrected chi connectivity index (χ3v) is 2.42. The molecule has 2 rings (SSSR count). The summed E-state index contributed by atoms with van der Waals surface area (Å²) in [7, 11) is 0. The van der Waals surface area contributed by atoms with Crippen molar-refractivity contribution in [3.05, 3.63) is 41.5 Å². The maximum absolute atomic E-state index is 4.43. The fourth-order valence-electron chi connectivity index (χ4n) is 1.53. The second kappa shape index (κ2) is 4.39. The first kappa shape index (κ1) is 10.7. The molecule has 0 saturated heterocycles. The maximum atomic E-state index is 4.43. The fourth-order valence-corrected chi connectivity index (χ4v) is 1.53. The van der Waals surface area contributed by atoms with Gasteiger partial charge in [-0.25, -0.2) is 15.0 Å². The second-order valence-electron chi connectivity index (χ2n) is 3.84. The van der Waals surface area contributed by atoms with Crippen LogP contribution in [0.3, 0.4) is 0 Å². The van der Waals surface area contributed by atoms with Gasteiger partial charge in [0, 0.05) is 12.0 Å². The van der Waals surface area contributed by atoms with E-state index in [0.29, 0.717) is 0 Å². The maximum Gasteiger partial charge on any atom is 0.163 e. The predicted octanol–water partition coefficient (Wildman–Crippen LogP) is 2.72. The van der Waals surface area contributed by atoms with Crippen LogP contribution >= 0.6 is 0 Å². The van der Waals surface area contributed by atoms with Crippen LogP contribution in [0.15, 0.2) is 24.3 Å². The van der Waals surface area contributed by atoms with Gasteiger partial charge in [-0.2, -0.15) is 0 Å². The highest BCUT2D eigenvalue weighted by atomic mass is 15.0. The molecule has 0 N–H and O–H groups in total. The van der Waals surface area contributed by atoms with Crippen molar-refractivity contribution in [2.24, 2.45) is 0 Å². The summed E-state index contributed by atoms with van der Waals surface area (Å²) in [6.07, 6.45) is 0.836. The van der Waals surface area contributed by atoms with Crippen LogP contribution in [0.1, 0.15) is 24.1 Å². The Hall–Kier alpha value is -1.77. The summed E-state index contributed by atoms with van der Waals surface area (Å²) < 4.78 is 0. The Balaban J connectivity index is 2.47. The Bertz CT molecular complexity index is 489. The molecule has 2 aromatic rings. The number of rotatable bonds is 2. The van der Waals surface area contributed by atoms with E-state index in [-0.39, 0.29) is 0 Å². The average Bonchev–Trinajstić information content (AvgIpc) is 2.29. The molecule has 1 heterocycles. The zero-order valence-electron chi connectivity index (χ0n) is 9.86. The van der Waals surface area contributed by atoms with Crippen molar-refractivity contribution in [2.45, 2.75) is 27.2 Å². The van der Waals surface area contributed by atoms with E-state index in [0.717, 1.165) is 29.5 Å². The number of aromatic nitrogens is 3. The van der Waals surface area contributed by atoms with Gasteiger partial charge < -0.3 is 0 Å². The molecule has 0 fully saturated rings. The lowest BCUT2D eigenvalue weighted by Gasteiger charge is -2.04. The van der Waals surface area contributed by atoms with Crippen molar-refractivity contribution < 1.29 is 0 Å². The van der Waals surface area contributed by atoms with Gasteiger partial charge in [-0.15, -0.1) is 0 Å². The Morgan fingerprint density at radius 1 is 0.938 bits per heavy atom. The normalized spacial score (nSPS) is 10.4. The highest BCUT2D eigenvalue weighted by Crippen LogP contribution is 2.15. The minimum atomic E-state index is 0.768. The van der Waals surface area contributed by atoms with E-state index in [1.54, 1.807) is 0 Å². The zero-order valence-corrected chi connectivity index (χ0v) is 9.86. The van der Waals surface area contributed by atoms with E-state index in [1.807, 2.05) is 26.0 Å². The molecular formula is C13H15N3. The SMILES string of the molecule is CCc1nc(C)nc(-c2ccc(C)cc2)n1. The van der Waals surface area contributed by atoms with E-state index in [9.17, 15) is 0 Å². The van der Waals surface area contributed by atoms with Crippen LogP contribution in [-0.2, 0) is 6.42 Å². The van der Waals surface area contributed by atoms with Crippen LogP contribution < -0.4 is 0 Å². The monoisotopic (exact) mass is 213 g/mol. The molecular weight excluding hydrogens is 198 g/mol. The molecule has 0 atom stereocenters. The molecule has 0 amide bonds. The molecule has 82 valence electrons. The first-order valence-electron chi connectivity index (χ1n) is 5.47. The Kier molecular flexibility index (Phi) is 2.95. The Labute approximate surface area is 95.6 Å². The van der Waals surface area contributed by atoms with Gasteiger partial charge in [-0.05, 0) is 13.8 Å². The quantitative estimate of drug-likeness (QED) is 0.770. The van der Waals surface area contributed by atoms with Crippen molar-refractivity contribution >= 4 is 0 Å². The molecule has 0 radical (unpaired) electrons. The number of hydrogen-bond acceptors (Lipinski definition) is 3. The van der Waals surface area contributed by atoms with Gasteiger partial charge in [0.15, 0.2) is 5.82 Å². The molecule has 1 aromatic carbocycles. The van der Waals surface area contributed by atoms with Crippen LogP contribution in [0.4, 0.5) is 0 Å². The molecule has 16 heavy (non-hydrogen) atoms. The molecule has 0 aliphatic rings. The highest BCUT2D eigenvalue weighted by molar-refractivity contribution is 5.55. The molecule has 0 bridgehead atoms. The summed E-state index contributed by atoms with van der Waals surface area (Å²) in [5.41, 5.74) is 2.29. The summed E-state index contributed by atoms with van der Waals surface area (Å²) in [5.74, 6) is 2.40. The largest absolute Gasteiger partial charge is 0.218 e. The first-order valence-corrected chi connectivity index (χ1v) is 5.47. The van der Waals surface area contributed by atoms with E-state index in [2.05, 4.69) is 34.0 Å². The van der Waals surface area contributed by atoms with Gasteiger partial charge in [-0.1, -0.05) is 36.8 Å². The standard InChI is InChI=1S/C13H15N3/c1-4-12-14-10(3)15-13(16-12)11-7-5-9(2)6-8-11/h5-8H,4H2,1-3H3. The van der Waals surface area contributed by atoms with Crippen LogP contribution in [0.25, 0.3) is 11.4 Å². The lowest BCUT2D eigenvalue weighted by Crippen LogP contribution is -2.01. The summed E-state index contributed by atoms with van der Waals surface area (Å²) in [6.45, 7) is 6.02. The molecule has 0 saturated carbocycles. The molecule has 0 aliphatic carbocycles. The first-order chi connectivity index (χ1) is 7.69. The van der Waals surface area contributed by atoms with E-state index in [4.69, 9.17) is 0 Å². The van der Waals surface area contributed by atoms with Crippen molar-refractivity contribution in [1.82, 2.24) is 15.0 Å². The predicted molar refractivity (Wildman–Crippen MR) is 64.1 cm³/mol. The summed E-state index contributed by atoms with van der Waals surface area (Å²) in [5, 5.41) is 0. The van der Waals surface area contributed by atoms with Crippen LogP contribution in [0.5, 0.6) is 0 Å². The van der Waals surface area contributed by atoms with E-state index >= 15 is 0 Å². The molecule has 1 aromatic heterocycles. The molecule has 3 nitrogen and oxygen atoms in total. The Morgan fingerprint density at radius 3 is 2.25 bits per heavy atom. The summed E-state index contributed by atoms with van der Waals surface area (Å²) >= 11 is 0. The molecule has 0 unspecified atom stereocenters. The molecule has 0 spiro atoms. The third-order valence-electron chi connectivity index (χ3n) is 2.42. The average molecular weight is 213 g/mol. The van der Waals surface area contributed by atoms with Gasteiger partial charge in [-0.3, -0.25) is 0 Å². The zero-order chi connectivity index (χ0) is 11.5. The van der Waals surface area contributed by atoms with E-state index in [1.165, 1.54) is 5.56 Å². The smallest absolute Gasteiger partial charge is 0.163 e. The lowest BCUT2D eigenvalue weighted by atomic mass is 10.1. The minimum absolute atomic E-state index is 0.768.